The van der Waals surface area contributed by atoms with E-state index in [1.807, 2.05) is 0 Å². The number of benzene rings is 1. The number of hydrogen-bond acceptors (Lipinski definition) is 2. The fourth-order valence-corrected chi connectivity index (χ4v) is 1.44. The van der Waals surface area contributed by atoms with Crippen molar-refractivity contribution in [3.8, 4) is 0 Å². The van der Waals surface area contributed by atoms with Crippen molar-refractivity contribution >= 4 is 21.8 Å². The molecule has 88 valence electrons. The molecule has 0 saturated carbocycles. The van der Waals surface area contributed by atoms with Gasteiger partial charge in [-0.25, -0.2) is 4.39 Å². The molecule has 1 amide bonds. The van der Waals surface area contributed by atoms with Crippen LogP contribution in [0, 0.1) is 5.82 Å². The summed E-state index contributed by atoms with van der Waals surface area (Å²) in [4.78, 5) is 10.9. The molecule has 0 bridgehead atoms. The molecule has 0 saturated heterocycles. The predicted molar refractivity (Wildman–Crippen MR) is 62.9 cm³/mol. The van der Waals surface area contributed by atoms with Gasteiger partial charge in [0.25, 0.3) is 0 Å². The van der Waals surface area contributed by atoms with Crippen molar-refractivity contribution in [3.63, 3.8) is 0 Å². The van der Waals surface area contributed by atoms with Crippen LogP contribution in [0.5, 0.6) is 0 Å². The van der Waals surface area contributed by atoms with Crippen molar-refractivity contribution in [2.45, 2.75) is 12.5 Å². The van der Waals surface area contributed by atoms with Crippen molar-refractivity contribution < 1.29 is 14.3 Å². The van der Waals surface area contributed by atoms with Crippen molar-refractivity contribution in [2.24, 2.45) is 0 Å². The van der Waals surface area contributed by atoms with Gasteiger partial charge in [-0.3, -0.25) is 4.79 Å². The van der Waals surface area contributed by atoms with Crippen LogP contribution in [0.2, 0.25) is 0 Å². The summed E-state index contributed by atoms with van der Waals surface area (Å²) < 4.78 is 12.6. The highest BCUT2D eigenvalue weighted by Gasteiger charge is 2.07. The van der Waals surface area contributed by atoms with E-state index < -0.39 is 6.10 Å². The lowest BCUT2D eigenvalue weighted by Crippen LogP contribution is -2.33. The van der Waals surface area contributed by atoms with Gasteiger partial charge >= 0.3 is 0 Å². The summed E-state index contributed by atoms with van der Waals surface area (Å²) >= 11 is 3.00. The molecule has 0 heterocycles. The van der Waals surface area contributed by atoms with Crippen LogP contribution < -0.4 is 5.32 Å². The monoisotopic (exact) mass is 289 g/mol. The highest BCUT2D eigenvalue weighted by molar-refractivity contribution is 9.09. The maximum Gasteiger partial charge on any atom is 0.230 e. The lowest BCUT2D eigenvalue weighted by atomic mass is 10.1. The molecule has 0 aliphatic carbocycles. The molecular formula is C11H13BrFNO2. The van der Waals surface area contributed by atoms with E-state index in [9.17, 15) is 14.3 Å². The van der Waals surface area contributed by atoms with Gasteiger partial charge in [0.1, 0.15) is 5.82 Å². The Bertz CT molecular complexity index is 342. The minimum atomic E-state index is -0.659. The summed E-state index contributed by atoms with van der Waals surface area (Å²) in [6.07, 6.45) is -0.267. The number of rotatable bonds is 5. The van der Waals surface area contributed by atoms with Gasteiger partial charge < -0.3 is 10.4 Å². The first-order valence-corrected chi connectivity index (χ1v) is 5.99. The Morgan fingerprint density at radius 1 is 1.44 bits per heavy atom. The van der Waals surface area contributed by atoms with E-state index in [1.54, 1.807) is 12.1 Å². The highest BCUT2D eigenvalue weighted by Crippen LogP contribution is 2.05. The summed E-state index contributed by atoms with van der Waals surface area (Å²) in [5.74, 6) is -0.469. The Morgan fingerprint density at radius 3 is 2.62 bits per heavy atom. The largest absolute Gasteiger partial charge is 0.391 e. The average Bonchev–Trinajstić information content (AvgIpc) is 2.29. The van der Waals surface area contributed by atoms with E-state index in [4.69, 9.17) is 0 Å². The van der Waals surface area contributed by atoms with Gasteiger partial charge in [-0.05, 0) is 17.7 Å². The van der Waals surface area contributed by atoms with E-state index in [0.29, 0.717) is 6.42 Å². The minimum absolute atomic E-state index is 0.168. The minimum Gasteiger partial charge on any atom is -0.391 e. The van der Waals surface area contributed by atoms with Crippen LogP contribution in [-0.4, -0.2) is 29.0 Å². The molecule has 0 radical (unpaired) electrons. The second-order valence-electron chi connectivity index (χ2n) is 3.42. The van der Waals surface area contributed by atoms with Crippen LogP contribution >= 0.6 is 15.9 Å². The number of alkyl halides is 1. The first kappa shape index (κ1) is 13.1. The Kier molecular flexibility index (Phi) is 5.42. The van der Waals surface area contributed by atoms with Crippen LogP contribution in [0.15, 0.2) is 24.3 Å². The summed E-state index contributed by atoms with van der Waals surface area (Å²) in [6, 6.07) is 5.92. The maximum atomic E-state index is 12.6. The van der Waals surface area contributed by atoms with Gasteiger partial charge in [-0.15, -0.1) is 0 Å². The molecular weight excluding hydrogens is 277 g/mol. The number of carbonyl (C=O) groups is 1. The maximum absolute atomic E-state index is 12.6. The Labute approximate surface area is 102 Å². The average molecular weight is 290 g/mol. The number of hydrogen-bond donors (Lipinski definition) is 2. The first-order chi connectivity index (χ1) is 7.61. The third kappa shape index (κ3) is 4.72. The molecule has 1 atom stereocenters. The van der Waals surface area contributed by atoms with Gasteiger partial charge in [0.2, 0.25) is 5.91 Å². The zero-order valence-electron chi connectivity index (χ0n) is 8.62. The topological polar surface area (TPSA) is 49.3 Å². The van der Waals surface area contributed by atoms with Crippen LogP contribution in [0.3, 0.4) is 0 Å². The summed E-state index contributed by atoms with van der Waals surface area (Å²) in [6.45, 7) is 0.196. The number of nitrogens with one attached hydrogen (secondary N) is 1. The molecule has 3 nitrogen and oxygen atoms in total. The molecule has 1 aromatic carbocycles. The molecule has 16 heavy (non-hydrogen) atoms. The molecule has 2 N–H and O–H groups in total. The number of carbonyl (C=O) groups excluding carboxylic acids is 1. The van der Waals surface area contributed by atoms with E-state index in [2.05, 4.69) is 21.2 Å². The Balaban J connectivity index is 2.36. The lowest BCUT2D eigenvalue weighted by Gasteiger charge is -2.11. The normalized spacial score (nSPS) is 12.2. The van der Waals surface area contributed by atoms with Crippen LogP contribution in [0.1, 0.15) is 5.56 Å². The van der Waals surface area contributed by atoms with Crippen LogP contribution in [0.4, 0.5) is 4.39 Å². The van der Waals surface area contributed by atoms with Crippen molar-refractivity contribution in [3.05, 3.63) is 35.6 Å². The quantitative estimate of drug-likeness (QED) is 0.802. The van der Waals surface area contributed by atoms with E-state index in [0.717, 1.165) is 5.56 Å². The van der Waals surface area contributed by atoms with Gasteiger partial charge in [0.15, 0.2) is 0 Å². The fraction of sp³-hybridized carbons (Fsp3) is 0.364. The molecule has 0 aromatic heterocycles. The zero-order valence-corrected chi connectivity index (χ0v) is 10.2. The fourth-order valence-electron chi connectivity index (χ4n) is 1.24. The molecule has 0 spiro atoms. The van der Waals surface area contributed by atoms with Gasteiger partial charge in [0, 0.05) is 13.0 Å². The summed E-state index contributed by atoms with van der Waals surface area (Å²) in [5.41, 5.74) is 0.835. The molecule has 0 aliphatic heterocycles. The van der Waals surface area contributed by atoms with E-state index in [-0.39, 0.29) is 23.6 Å². The zero-order chi connectivity index (χ0) is 12.0. The third-order valence-corrected chi connectivity index (χ3v) is 2.55. The second kappa shape index (κ2) is 6.60. The van der Waals surface area contributed by atoms with Crippen molar-refractivity contribution in [1.82, 2.24) is 5.32 Å². The summed E-state index contributed by atoms with van der Waals surface area (Å²) in [7, 11) is 0. The molecule has 1 aromatic rings. The van der Waals surface area contributed by atoms with E-state index in [1.165, 1.54) is 12.1 Å². The molecule has 5 heteroatoms. The molecule has 0 aliphatic rings. The van der Waals surface area contributed by atoms with Crippen molar-refractivity contribution in [2.75, 3.05) is 11.9 Å². The highest BCUT2D eigenvalue weighted by atomic mass is 79.9. The molecule has 0 fully saturated rings. The number of amides is 1. The number of aliphatic hydroxyl groups is 1. The standard InChI is InChI=1S/C11H13BrFNO2/c12-6-11(16)14-7-10(15)5-8-1-3-9(13)4-2-8/h1-4,10,15H,5-7H2,(H,14,16). The first-order valence-electron chi connectivity index (χ1n) is 4.87. The molecule has 1 unspecified atom stereocenters. The number of halogens is 2. The van der Waals surface area contributed by atoms with Gasteiger partial charge in [-0.1, -0.05) is 28.1 Å². The van der Waals surface area contributed by atoms with Crippen LogP contribution in [-0.2, 0) is 11.2 Å². The van der Waals surface area contributed by atoms with Crippen molar-refractivity contribution in [1.29, 1.82) is 0 Å². The summed E-state index contributed by atoms with van der Waals surface area (Å²) in [5, 5.41) is 12.4. The predicted octanol–water partition coefficient (Wildman–Crippen LogP) is 1.24. The van der Waals surface area contributed by atoms with Gasteiger partial charge in [0.05, 0.1) is 11.4 Å². The smallest absolute Gasteiger partial charge is 0.230 e. The third-order valence-electron chi connectivity index (χ3n) is 2.04. The SMILES string of the molecule is O=C(CBr)NCC(O)Cc1ccc(F)cc1. The number of aliphatic hydroxyl groups excluding tert-OH is 1. The Morgan fingerprint density at radius 2 is 2.06 bits per heavy atom. The van der Waals surface area contributed by atoms with Gasteiger partial charge in [-0.2, -0.15) is 0 Å². The van der Waals surface area contributed by atoms with E-state index >= 15 is 0 Å². The Hall–Kier alpha value is -0.940. The second-order valence-corrected chi connectivity index (χ2v) is 3.98. The molecule has 1 rings (SSSR count). The lowest BCUT2D eigenvalue weighted by molar-refractivity contribution is -0.118. The van der Waals surface area contributed by atoms with Crippen LogP contribution in [0.25, 0.3) is 0 Å².